The van der Waals surface area contributed by atoms with E-state index in [2.05, 4.69) is 0 Å². The lowest BCUT2D eigenvalue weighted by Crippen LogP contribution is -2.39. The Kier molecular flexibility index (Phi) is 5.79. The van der Waals surface area contributed by atoms with E-state index < -0.39 is 10.0 Å². The molecule has 1 aliphatic heterocycles. The molecule has 1 aromatic carbocycles. The van der Waals surface area contributed by atoms with E-state index in [0.717, 1.165) is 36.8 Å². The van der Waals surface area contributed by atoms with E-state index in [4.69, 9.17) is 0 Å². The fraction of sp³-hybridized carbons (Fsp3) is 0.632. The second kappa shape index (κ2) is 7.87. The smallest absolute Gasteiger partial charge is 0.225 e. The number of hydrogen-bond acceptors (Lipinski definition) is 3. The third-order valence-corrected chi connectivity index (χ3v) is 7.15. The number of carbonyl (C=O) groups excluding carboxylic acids is 1. The number of aryl methyl sites for hydroxylation is 1. The van der Waals surface area contributed by atoms with Gasteiger partial charge in [-0.2, -0.15) is 4.31 Å². The van der Waals surface area contributed by atoms with E-state index in [0.29, 0.717) is 32.6 Å². The van der Waals surface area contributed by atoms with Crippen molar-refractivity contribution in [3.05, 3.63) is 35.4 Å². The monoisotopic (exact) mass is 364 g/mol. The quantitative estimate of drug-likeness (QED) is 0.825. The van der Waals surface area contributed by atoms with E-state index in [1.807, 2.05) is 36.1 Å². The van der Waals surface area contributed by atoms with Crippen molar-refractivity contribution < 1.29 is 13.2 Å². The number of rotatable bonds is 4. The van der Waals surface area contributed by atoms with E-state index in [1.54, 1.807) is 4.31 Å². The van der Waals surface area contributed by atoms with Gasteiger partial charge in [-0.25, -0.2) is 8.42 Å². The predicted molar refractivity (Wildman–Crippen MR) is 98.5 cm³/mol. The van der Waals surface area contributed by atoms with Crippen molar-refractivity contribution in [2.75, 3.05) is 26.2 Å². The molecule has 1 saturated carbocycles. The van der Waals surface area contributed by atoms with Crippen molar-refractivity contribution in [1.29, 1.82) is 0 Å². The average Bonchev–Trinajstić information content (AvgIpc) is 2.97. The van der Waals surface area contributed by atoms with Gasteiger partial charge >= 0.3 is 0 Å². The van der Waals surface area contributed by atoms with Crippen LogP contribution in [0.3, 0.4) is 0 Å². The summed E-state index contributed by atoms with van der Waals surface area (Å²) in [6.45, 7) is 4.07. The number of nitrogens with zero attached hydrogens (tertiary/aromatic N) is 2. The van der Waals surface area contributed by atoms with Crippen LogP contribution in [0.25, 0.3) is 0 Å². The van der Waals surface area contributed by atoms with E-state index >= 15 is 0 Å². The molecule has 25 heavy (non-hydrogen) atoms. The van der Waals surface area contributed by atoms with Gasteiger partial charge in [0.2, 0.25) is 15.9 Å². The van der Waals surface area contributed by atoms with Crippen molar-refractivity contribution in [1.82, 2.24) is 9.21 Å². The summed E-state index contributed by atoms with van der Waals surface area (Å²) in [6, 6.07) is 7.64. The SMILES string of the molecule is Cc1cccc(CS(=O)(=O)N2CCCN(C(=O)C3CCCC3)CC2)c1. The minimum atomic E-state index is -3.35. The Bertz CT molecular complexity index is 711. The number of sulfonamides is 1. The molecule has 0 atom stereocenters. The molecule has 0 spiro atoms. The summed E-state index contributed by atoms with van der Waals surface area (Å²) in [4.78, 5) is 14.5. The second-order valence-corrected chi connectivity index (χ2v) is 9.27. The molecule has 0 aromatic heterocycles. The molecule has 138 valence electrons. The van der Waals surface area contributed by atoms with Gasteiger partial charge in [-0.05, 0) is 31.7 Å². The zero-order valence-electron chi connectivity index (χ0n) is 15.0. The second-order valence-electron chi connectivity index (χ2n) is 7.30. The van der Waals surface area contributed by atoms with E-state index in [-0.39, 0.29) is 17.6 Å². The molecule has 0 bridgehead atoms. The molecule has 1 amide bonds. The summed E-state index contributed by atoms with van der Waals surface area (Å²) < 4.78 is 27.1. The van der Waals surface area contributed by atoms with Gasteiger partial charge in [-0.1, -0.05) is 42.7 Å². The minimum absolute atomic E-state index is 0.0330. The minimum Gasteiger partial charge on any atom is -0.341 e. The summed E-state index contributed by atoms with van der Waals surface area (Å²) in [7, 11) is -3.35. The summed E-state index contributed by atoms with van der Waals surface area (Å²) in [5.41, 5.74) is 1.89. The van der Waals surface area contributed by atoms with Crippen LogP contribution in [0.5, 0.6) is 0 Å². The van der Waals surface area contributed by atoms with Gasteiger partial charge in [-0.3, -0.25) is 4.79 Å². The third-order valence-electron chi connectivity index (χ3n) is 5.30. The number of benzene rings is 1. The zero-order chi connectivity index (χ0) is 17.9. The summed E-state index contributed by atoms with van der Waals surface area (Å²) in [6.07, 6.45) is 4.98. The van der Waals surface area contributed by atoms with Crippen LogP contribution < -0.4 is 0 Å². The lowest BCUT2D eigenvalue weighted by molar-refractivity contribution is -0.135. The largest absolute Gasteiger partial charge is 0.341 e. The summed E-state index contributed by atoms with van der Waals surface area (Å²) >= 11 is 0. The highest BCUT2D eigenvalue weighted by Crippen LogP contribution is 2.27. The van der Waals surface area contributed by atoms with E-state index in [1.165, 1.54) is 0 Å². The highest BCUT2D eigenvalue weighted by Gasteiger charge is 2.31. The van der Waals surface area contributed by atoms with Crippen LogP contribution >= 0.6 is 0 Å². The Labute approximate surface area is 151 Å². The molecule has 5 nitrogen and oxygen atoms in total. The van der Waals surface area contributed by atoms with Crippen LogP contribution in [0.15, 0.2) is 24.3 Å². The maximum atomic E-state index is 12.8. The summed E-state index contributed by atoms with van der Waals surface area (Å²) in [5.74, 6) is 0.427. The molecule has 0 radical (unpaired) electrons. The molecule has 1 saturated heterocycles. The van der Waals surface area contributed by atoms with Crippen LogP contribution in [-0.4, -0.2) is 49.7 Å². The Hall–Kier alpha value is -1.40. The van der Waals surface area contributed by atoms with Crippen molar-refractivity contribution in [2.45, 2.75) is 44.8 Å². The molecule has 3 rings (SSSR count). The van der Waals surface area contributed by atoms with Crippen LogP contribution in [-0.2, 0) is 20.6 Å². The molecular weight excluding hydrogens is 336 g/mol. The lowest BCUT2D eigenvalue weighted by Gasteiger charge is -2.24. The number of carbonyl (C=O) groups is 1. The molecule has 0 N–H and O–H groups in total. The number of amides is 1. The molecule has 2 aliphatic rings. The first kappa shape index (κ1) is 18.4. The first-order valence-electron chi connectivity index (χ1n) is 9.28. The molecule has 0 unspecified atom stereocenters. The van der Waals surface area contributed by atoms with Crippen molar-refractivity contribution in [3.8, 4) is 0 Å². The standard InChI is InChI=1S/C19H28N2O3S/c1-16-6-4-7-17(14-16)15-25(23,24)21-11-5-10-20(12-13-21)19(22)18-8-2-3-9-18/h4,6-7,14,18H,2-3,5,8-13,15H2,1H3. The topological polar surface area (TPSA) is 57.7 Å². The van der Waals surface area contributed by atoms with Gasteiger partial charge in [0.25, 0.3) is 0 Å². The van der Waals surface area contributed by atoms with Gasteiger partial charge in [0, 0.05) is 32.1 Å². The molecule has 1 aromatic rings. The molecule has 2 fully saturated rings. The zero-order valence-corrected chi connectivity index (χ0v) is 15.8. The Morgan fingerprint density at radius 3 is 2.56 bits per heavy atom. The Balaban J connectivity index is 1.62. The fourth-order valence-electron chi connectivity index (χ4n) is 3.93. The molecule has 1 aliphatic carbocycles. The van der Waals surface area contributed by atoms with Gasteiger partial charge in [-0.15, -0.1) is 0 Å². The highest BCUT2D eigenvalue weighted by atomic mass is 32.2. The van der Waals surface area contributed by atoms with Crippen LogP contribution in [0.2, 0.25) is 0 Å². The van der Waals surface area contributed by atoms with E-state index in [9.17, 15) is 13.2 Å². The number of hydrogen-bond donors (Lipinski definition) is 0. The van der Waals surface area contributed by atoms with Crippen molar-refractivity contribution >= 4 is 15.9 Å². The average molecular weight is 365 g/mol. The van der Waals surface area contributed by atoms with Gasteiger partial charge in [0.15, 0.2) is 0 Å². The van der Waals surface area contributed by atoms with Crippen molar-refractivity contribution in [2.24, 2.45) is 5.92 Å². The van der Waals surface area contributed by atoms with Crippen molar-refractivity contribution in [3.63, 3.8) is 0 Å². The first-order chi connectivity index (χ1) is 12.0. The first-order valence-corrected chi connectivity index (χ1v) is 10.9. The van der Waals surface area contributed by atoms with Gasteiger partial charge < -0.3 is 4.90 Å². The van der Waals surface area contributed by atoms with Crippen LogP contribution in [0.4, 0.5) is 0 Å². The van der Waals surface area contributed by atoms with Gasteiger partial charge in [0.05, 0.1) is 5.75 Å². The predicted octanol–water partition coefficient (Wildman–Crippen LogP) is 2.55. The van der Waals surface area contributed by atoms with Crippen LogP contribution in [0, 0.1) is 12.8 Å². The fourth-order valence-corrected chi connectivity index (χ4v) is 5.48. The Morgan fingerprint density at radius 1 is 1.08 bits per heavy atom. The molecular formula is C19H28N2O3S. The normalized spacial score (nSPS) is 20.6. The molecule has 6 heteroatoms. The highest BCUT2D eigenvalue weighted by molar-refractivity contribution is 7.88. The maximum absolute atomic E-state index is 12.8. The molecule has 1 heterocycles. The van der Waals surface area contributed by atoms with Gasteiger partial charge in [0.1, 0.15) is 0 Å². The third kappa shape index (κ3) is 4.61. The lowest BCUT2D eigenvalue weighted by atomic mass is 10.1. The maximum Gasteiger partial charge on any atom is 0.225 e. The summed E-state index contributed by atoms with van der Waals surface area (Å²) in [5, 5.41) is 0. The van der Waals surface area contributed by atoms with Crippen LogP contribution in [0.1, 0.15) is 43.2 Å². The Morgan fingerprint density at radius 2 is 1.84 bits per heavy atom.